The minimum atomic E-state index is -0.317. The van der Waals surface area contributed by atoms with E-state index in [-0.39, 0.29) is 11.9 Å². The average molecular weight is 169 g/mol. The molecule has 1 heterocycles. The summed E-state index contributed by atoms with van der Waals surface area (Å²) in [4.78, 5) is 3.96. The van der Waals surface area contributed by atoms with E-state index in [4.69, 9.17) is 11.5 Å². The number of aromatic nitrogens is 1. The second-order valence-corrected chi connectivity index (χ2v) is 2.65. The van der Waals surface area contributed by atoms with Crippen LogP contribution in [0.1, 0.15) is 17.4 Å². The van der Waals surface area contributed by atoms with Crippen LogP contribution >= 0.6 is 0 Å². The molecular weight excluding hydrogens is 157 g/mol. The second kappa shape index (κ2) is 3.60. The van der Waals surface area contributed by atoms with Gasteiger partial charge >= 0.3 is 0 Å². The fourth-order valence-electron chi connectivity index (χ4n) is 0.891. The number of pyridine rings is 1. The van der Waals surface area contributed by atoms with Crippen LogP contribution in [0.4, 0.5) is 4.39 Å². The Kier molecular flexibility index (Phi) is 2.73. The number of nitrogens with zero attached hydrogens (tertiary/aromatic N) is 1. The van der Waals surface area contributed by atoms with Gasteiger partial charge in [-0.3, -0.25) is 4.98 Å². The second-order valence-electron chi connectivity index (χ2n) is 2.65. The topological polar surface area (TPSA) is 64.9 Å². The lowest BCUT2D eigenvalue weighted by Gasteiger charge is -2.08. The minimum absolute atomic E-state index is 0.302. The van der Waals surface area contributed by atoms with Crippen LogP contribution in [-0.2, 0) is 0 Å². The van der Waals surface area contributed by atoms with Crippen molar-refractivity contribution in [2.24, 2.45) is 11.5 Å². The Bertz CT molecular complexity index is 275. The van der Waals surface area contributed by atoms with Crippen LogP contribution in [0.25, 0.3) is 0 Å². The van der Waals surface area contributed by atoms with E-state index >= 15 is 0 Å². The van der Waals surface area contributed by atoms with Gasteiger partial charge in [0.15, 0.2) is 0 Å². The standard InChI is InChI=1S/C8H12FN3/c1-5-6(9)2-3-8(12-5)7(11)4-10/h2-3,7H,4,10-11H2,1H3/t7-/m1/s1. The summed E-state index contributed by atoms with van der Waals surface area (Å²) in [5.41, 5.74) is 11.9. The van der Waals surface area contributed by atoms with Crippen LogP contribution in [0.2, 0.25) is 0 Å². The summed E-state index contributed by atoms with van der Waals surface area (Å²) in [7, 11) is 0. The van der Waals surface area contributed by atoms with Gasteiger partial charge in [0.2, 0.25) is 0 Å². The Morgan fingerprint density at radius 1 is 1.58 bits per heavy atom. The fourth-order valence-corrected chi connectivity index (χ4v) is 0.891. The van der Waals surface area contributed by atoms with E-state index in [0.717, 1.165) is 0 Å². The highest BCUT2D eigenvalue weighted by molar-refractivity contribution is 5.15. The van der Waals surface area contributed by atoms with E-state index < -0.39 is 0 Å². The molecule has 0 bridgehead atoms. The molecule has 0 radical (unpaired) electrons. The third-order valence-corrected chi connectivity index (χ3v) is 1.68. The maximum atomic E-state index is 12.7. The van der Waals surface area contributed by atoms with Gasteiger partial charge < -0.3 is 11.5 Å². The molecule has 0 aromatic carbocycles. The molecule has 12 heavy (non-hydrogen) atoms. The van der Waals surface area contributed by atoms with Gasteiger partial charge in [0.1, 0.15) is 5.82 Å². The summed E-state index contributed by atoms with van der Waals surface area (Å²) in [6.45, 7) is 1.92. The van der Waals surface area contributed by atoms with Gasteiger partial charge in [-0.15, -0.1) is 0 Å². The number of nitrogens with two attached hydrogens (primary N) is 2. The van der Waals surface area contributed by atoms with Crippen molar-refractivity contribution >= 4 is 0 Å². The zero-order chi connectivity index (χ0) is 9.14. The molecule has 0 aliphatic rings. The van der Waals surface area contributed by atoms with Crippen LogP contribution in [0.15, 0.2) is 12.1 Å². The summed E-state index contributed by atoms with van der Waals surface area (Å²) in [6.07, 6.45) is 0. The summed E-state index contributed by atoms with van der Waals surface area (Å²) >= 11 is 0. The highest BCUT2D eigenvalue weighted by atomic mass is 19.1. The van der Waals surface area contributed by atoms with Crippen molar-refractivity contribution in [2.45, 2.75) is 13.0 Å². The predicted octanol–water partition coefficient (Wildman–Crippen LogP) is 0.488. The molecule has 0 amide bonds. The summed E-state index contributed by atoms with van der Waals surface area (Å²) < 4.78 is 12.7. The van der Waals surface area contributed by atoms with Gasteiger partial charge in [-0.25, -0.2) is 4.39 Å². The Balaban J connectivity index is 2.96. The lowest BCUT2D eigenvalue weighted by atomic mass is 10.2. The SMILES string of the molecule is Cc1nc([C@H](N)CN)ccc1F. The minimum Gasteiger partial charge on any atom is -0.329 e. The predicted molar refractivity (Wildman–Crippen MR) is 44.9 cm³/mol. The van der Waals surface area contributed by atoms with Gasteiger partial charge in [0.25, 0.3) is 0 Å². The summed E-state index contributed by atoms with van der Waals surface area (Å²) in [5, 5.41) is 0. The Morgan fingerprint density at radius 2 is 2.25 bits per heavy atom. The molecule has 1 aromatic heterocycles. The van der Waals surface area contributed by atoms with Crippen LogP contribution in [0, 0.1) is 12.7 Å². The van der Waals surface area contributed by atoms with Crippen LogP contribution in [-0.4, -0.2) is 11.5 Å². The largest absolute Gasteiger partial charge is 0.329 e. The van der Waals surface area contributed by atoms with Crippen molar-refractivity contribution < 1.29 is 4.39 Å². The fraction of sp³-hybridized carbons (Fsp3) is 0.375. The molecule has 0 saturated heterocycles. The lowest BCUT2D eigenvalue weighted by molar-refractivity contribution is 0.601. The maximum absolute atomic E-state index is 12.7. The average Bonchev–Trinajstić information content (AvgIpc) is 2.08. The molecule has 1 atom stereocenters. The van der Waals surface area contributed by atoms with Crippen LogP contribution in [0.3, 0.4) is 0 Å². The molecule has 4 N–H and O–H groups in total. The molecule has 0 saturated carbocycles. The van der Waals surface area contributed by atoms with Gasteiger partial charge in [0.05, 0.1) is 17.4 Å². The molecule has 1 rings (SSSR count). The Morgan fingerprint density at radius 3 is 2.75 bits per heavy atom. The number of rotatable bonds is 2. The Hall–Kier alpha value is -1.00. The van der Waals surface area contributed by atoms with Crippen molar-refractivity contribution in [2.75, 3.05) is 6.54 Å². The number of aryl methyl sites for hydroxylation is 1. The molecule has 0 unspecified atom stereocenters. The van der Waals surface area contributed by atoms with Gasteiger partial charge in [-0.2, -0.15) is 0 Å². The zero-order valence-corrected chi connectivity index (χ0v) is 6.92. The van der Waals surface area contributed by atoms with Gasteiger partial charge in [-0.05, 0) is 19.1 Å². The molecule has 4 heteroatoms. The van der Waals surface area contributed by atoms with Crippen molar-refractivity contribution in [1.82, 2.24) is 4.98 Å². The van der Waals surface area contributed by atoms with Gasteiger partial charge in [-0.1, -0.05) is 0 Å². The summed E-state index contributed by atoms with van der Waals surface area (Å²) in [6, 6.07) is 2.61. The van der Waals surface area contributed by atoms with Crippen LogP contribution in [0.5, 0.6) is 0 Å². The quantitative estimate of drug-likeness (QED) is 0.677. The molecule has 66 valence electrons. The number of hydrogen-bond donors (Lipinski definition) is 2. The van der Waals surface area contributed by atoms with Crippen molar-refractivity contribution in [3.8, 4) is 0 Å². The molecular formula is C8H12FN3. The van der Waals surface area contributed by atoms with E-state index in [1.54, 1.807) is 13.0 Å². The third kappa shape index (κ3) is 1.78. The first-order chi connectivity index (χ1) is 5.65. The van der Waals surface area contributed by atoms with Crippen molar-refractivity contribution in [3.05, 3.63) is 29.3 Å². The molecule has 0 aliphatic heterocycles. The Labute approximate surface area is 70.6 Å². The molecule has 0 aliphatic carbocycles. The van der Waals surface area contributed by atoms with E-state index in [2.05, 4.69) is 4.98 Å². The first-order valence-electron chi connectivity index (χ1n) is 3.74. The first kappa shape index (κ1) is 9.09. The van der Waals surface area contributed by atoms with E-state index in [0.29, 0.717) is 17.9 Å². The smallest absolute Gasteiger partial charge is 0.144 e. The van der Waals surface area contributed by atoms with E-state index in [1.807, 2.05) is 0 Å². The van der Waals surface area contributed by atoms with E-state index in [1.165, 1.54) is 6.07 Å². The van der Waals surface area contributed by atoms with Crippen LogP contribution < -0.4 is 11.5 Å². The van der Waals surface area contributed by atoms with Crippen molar-refractivity contribution in [3.63, 3.8) is 0 Å². The number of hydrogen-bond acceptors (Lipinski definition) is 3. The number of halogens is 1. The highest BCUT2D eigenvalue weighted by Gasteiger charge is 2.06. The summed E-state index contributed by atoms with van der Waals surface area (Å²) in [5.74, 6) is -0.317. The maximum Gasteiger partial charge on any atom is 0.144 e. The molecule has 1 aromatic rings. The molecule has 0 spiro atoms. The zero-order valence-electron chi connectivity index (χ0n) is 6.92. The monoisotopic (exact) mass is 169 g/mol. The van der Waals surface area contributed by atoms with Gasteiger partial charge in [0, 0.05) is 6.54 Å². The van der Waals surface area contributed by atoms with Crippen molar-refractivity contribution in [1.29, 1.82) is 0 Å². The van der Waals surface area contributed by atoms with E-state index in [9.17, 15) is 4.39 Å². The normalized spacial score (nSPS) is 13.0. The molecule has 3 nitrogen and oxygen atoms in total. The highest BCUT2D eigenvalue weighted by Crippen LogP contribution is 2.09. The lowest BCUT2D eigenvalue weighted by Crippen LogP contribution is -2.22. The molecule has 0 fully saturated rings. The third-order valence-electron chi connectivity index (χ3n) is 1.68. The first-order valence-corrected chi connectivity index (χ1v) is 3.74.